The van der Waals surface area contributed by atoms with Gasteiger partial charge in [0.15, 0.2) is 6.29 Å². The molecule has 9 heteroatoms. The minimum absolute atomic E-state index is 0.00428. The SMILES string of the molecule is CC(=O)N[C@@H](Cc1cccc(O)c1)[C@H](O)[C@H]1CO[C@@H](OCC(C)(C)C)[C@H](C)N1C(=O)OC(C)(C)C. The Hall–Kier alpha value is -2.36. The molecule has 0 saturated carbocycles. The fourth-order valence-corrected chi connectivity index (χ4v) is 3.97. The summed E-state index contributed by atoms with van der Waals surface area (Å²) in [5, 5.41) is 24.1. The van der Waals surface area contributed by atoms with Crippen LogP contribution in [-0.4, -0.2) is 76.4 Å². The summed E-state index contributed by atoms with van der Waals surface area (Å²) >= 11 is 0. The molecule has 0 radical (unpaired) electrons. The third kappa shape index (κ3) is 8.98. The first-order valence-electron chi connectivity index (χ1n) is 12.0. The van der Waals surface area contributed by atoms with Crippen molar-refractivity contribution in [3.05, 3.63) is 29.8 Å². The van der Waals surface area contributed by atoms with Crippen LogP contribution in [0.3, 0.4) is 0 Å². The Morgan fingerprint density at radius 3 is 2.43 bits per heavy atom. The number of benzene rings is 1. The Morgan fingerprint density at radius 1 is 1.23 bits per heavy atom. The van der Waals surface area contributed by atoms with E-state index in [4.69, 9.17) is 14.2 Å². The number of ether oxygens (including phenoxy) is 3. The van der Waals surface area contributed by atoms with Crippen LogP contribution < -0.4 is 5.32 Å². The van der Waals surface area contributed by atoms with Gasteiger partial charge in [0.2, 0.25) is 5.91 Å². The van der Waals surface area contributed by atoms with Crippen molar-refractivity contribution >= 4 is 12.0 Å². The van der Waals surface area contributed by atoms with E-state index in [1.165, 1.54) is 11.8 Å². The molecule has 1 heterocycles. The second kappa shape index (κ2) is 11.6. The monoisotopic (exact) mass is 494 g/mol. The van der Waals surface area contributed by atoms with Crippen LogP contribution in [0.4, 0.5) is 4.79 Å². The fraction of sp³-hybridized carbons (Fsp3) is 0.692. The predicted octanol–water partition coefficient (Wildman–Crippen LogP) is 3.21. The van der Waals surface area contributed by atoms with Crippen molar-refractivity contribution in [3.8, 4) is 5.75 Å². The molecule has 0 spiro atoms. The molecule has 1 aromatic rings. The summed E-state index contributed by atoms with van der Waals surface area (Å²) in [4.78, 5) is 26.7. The zero-order chi connectivity index (χ0) is 26.6. The summed E-state index contributed by atoms with van der Waals surface area (Å²) in [5.74, 6) is -0.239. The lowest BCUT2D eigenvalue weighted by Crippen LogP contribution is -2.66. The standard InChI is InChI=1S/C26H42N2O7/c1-16-23(34-15-25(3,4)5)33-14-21(28(16)24(32)35-26(6,7)8)22(31)20(27-17(2)29)13-18-10-9-11-19(30)12-18/h9-12,16,20-23,30-31H,13-15H2,1-8H3,(H,27,29)/t16-,20-,21+,22-,23-/m0/s1. The number of rotatable bonds is 7. The number of phenols is 1. The van der Waals surface area contributed by atoms with Gasteiger partial charge in [0.25, 0.3) is 0 Å². The molecule has 2 amide bonds. The van der Waals surface area contributed by atoms with E-state index in [0.29, 0.717) is 6.61 Å². The van der Waals surface area contributed by atoms with Gasteiger partial charge in [0.1, 0.15) is 11.4 Å². The van der Waals surface area contributed by atoms with Gasteiger partial charge in [0, 0.05) is 6.92 Å². The first-order valence-corrected chi connectivity index (χ1v) is 12.0. The number of morpholine rings is 1. The maximum atomic E-state index is 13.3. The molecule has 9 nitrogen and oxygen atoms in total. The third-order valence-corrected chi connectivity index (χ3v) is 5.47. The Labute approximate surface area is 208 Å². The molecule has 3 N–H and O–H groups in total. The van der Waals surface area contributed by atoms with Crippen LogP contribution in [0.1, 0.15) is 61.0 Å². The number of nitrogens with one attached hydrogen (secondary N) is 1. The Morgan fingerprint density at radius 2 is 1.89 bits per heavy atom. The molecular weight excluding hydrogens is 452 g/mol. The van der Waals surface area contributed by atoms with Crippen LogP contribution in [0.2, 0.25) is 0 Å². The van der Waals surface area contributed by atoms with Gasteiger partial charge in [0.05, 0.1) is 37.4 Å². The van der Waals surface area contributed by atoms with E-state index >= 15 is 0 Å². The van der Waals surface area contributed by atoms with E-state index in [0.717, 1.165) is 5.56 Å². The smallest absolute Gasteiger partial charge is 0.411 e. The average Bonchev–Trinajstić information content (AvgIpc) is 2.69. The van der Waals surface area contributed by atoms with Crippen LogP contribution >= 0.6 is 0 Å². The molecule has 198 valence electrons. The first kappa shape index (κ1) is 28.9. The summed E-state index contributed by atoms with van der Waals surface area (Å²) in [6, 6.07) is 4.51. The van der Waals surface area contributed by atoms with Gasteiger partial charge >= 0.3 is 6.09 Å². The largest absolute Gasteiger partial charge is 0.508 e. The highest BCUT2D eigenvalue weighted by Crippen LogP contribution is 2.28. The summed E-state index contributed by atoms with van der Waals surface area (Å²) in [7, 11) is 0. The Balaban J connectivity index is 2.33. The summed E-state index contributed by atoms with van der Waals surface area (Å²) in [6.07, 6.45) is -2.23. The quantitative estimate of drug-likeness (QED) is 0.533. The highest BCUT2D eigenvalue weighted by molar-refractivity contribution is 5.73. The van der Waals surface area contributed by atoms with E-state index < -0.39 is 42.2 Å². The number of aliphatic hydroxyl groups is 1. The molecule has 0 unspecified atom stereocenters. The van der Waals surface area contributed by atoms with Gasteiger partial charge in [-0.1, -0.05) is 32.9 Å². The molecule has 1 fully saturated rings. The maximum Gasteiger partial charge on any atom is 0.411 e. The summed E-state index contributed by atoms with van der Waals surface area (Å²) in [5.41, 5.74) is -0.124. The zero-order valence-electron chi connectivity index (χ0n) is 22.2. The number of carbonyl (C=O) groups excluding carboxylic acids is 2. The highest BCUT2D eigenvalue weighted by atomic mass is 16.7. The van der Waals surface area contributed by atoms with Crippen molar-refractivity contribution in [2.75, 3.05) is 13.2 Å². The van der Waals surface area contributed by atoms with E-state index in [-0.39, 0.29) is 30.1 Å². The lowest BCUT2D eigenvalue weighted by atomic mass is 9.94. The molecule has 35 heavy (non-hydrogen) atoms. The van der Waals surface area contributed by atoms with Crippen molar-refractivity contribution in [3.63, 3.8) is 0 Å². The number of nitrogens with zero attached hydrogens (tertiary/aromatic N) is 1. The molecule has 2 rings (SSSR count). The second-order valence-electron chi connectivity index (χ2n) is 11.4. The summed E-state index contributed by atoms with van der Waals surface area (Å²) < 4.78 is 17.6. The third-order valence-electron chi connectivity index (χ3n) is 5.47. The van der Waals surface area contributed by atoms with Gasteiger partial charge < -0.3 is 29.7 Å². The van der Waals surface area contributed by atoms with Crippen molar-refractivity contribution in [1.82, 2.24) is 10.2 Å². The van der Waals surface area contributed by atoms with Crippen LogP contribution in [-0.2, 0) is 25.4 Å². The topological polar surface area (TPSA) is 118 Å². The van der Waals surface area contributed by atoms with Gasteiger partial charge in [-0.3, -0.25) is 9.69 Å². The fourth-order valence-electron chi connectivity index (χ4n) is 3.97. The molecule has 5 atom stereocenters. The van der Waals surface area contributed by atoms with E-state index in [2.05, 4.69) is 5.32 Å². The molecule has 1 aromatic carbocycles. The molecule has 0 bridgehead atoms. The number of aliphatic hydroxyl groups excluding tert-OH is 1. The number of hydrogen-bond acceptors (Lipinski definition) is 7. The number of amides is 2. The predicted molar refractivity (Wildman–Crippen MR) is 132 cm³/mol. The van der Waals surface area contributed by atoms with Crippen LogP contribution in [0.5, 0.6) is 5.75 Å². The Kier molecular flexibility index (Phi) is 9.56. The van der Waals surface area contributed by atoms with Crippen LogP contribution in [0, 0.1) is 5.41 Å². The van der Waals surface area contributed by atoms with E-state index in [1.807, 2.05) is 20.8 Å². The van der Waals surface area contributed by atoms with E-state index in [1.54, 1.807) is 52.0 Å². The van der Waals surface area contributed by atoms with Gasteiger partial charge in [-0.2, -0.15) is 0 Å². The minimum Gasteiger partial charge on any atom is -0.508 e. The lowest BCUT2D eigenvalue weighted by molar-refractivity contribution is -0.233. The second-order valence-corrected chi connectivity index (χ2v) is 11.4. The van der Waals surface area contributed by atoms with Crippen LogP contribution in [0.15, 0.2) is 24.3 Å². The van der Waals surface area contributed by atoms with E-state index in [9.17, 15) is 19.8 Å². The number of aromatic hydroxyl groups is 1. The molecule has 1 aliphatic rings. The number of carbonyl (C=O) groups is 2. The minimum atomic E-state index is -1.18. The van der Waals surface area contributed by atoms with Gasteiger partial charge in [-0.15, -0.1) is 0 Å². The van der Waals surface area contributed by atoms with Crippen molar-refractivity contribution < 1.29 is 34.0 Å². The Bertz CT molecular complexity index is 862. The molecule has 0 aliphatic carbocycles. The van der Waals surface area contributed by atoms with Crippen LogP contribution in [0.25, 0.3) is 0 Å². The van der Waals surface area contributed by atoms with Crippen molar-refractivity contribution in [2.24, 2.45) is 5.41 Å². The number of phenolic OH excluding ortho intramolecular Hbond substituents is 1. The molecular formula is C26H42N2O7. The zero-order valence-corrected chi connectivity index (χ0v) is 22.2. The highest BCUT2D eigenvalue weighted by Gasteiger charge is 2.46. The first-order chi connectivity index (χ1) is 16.1. The molecule has 0 aromatic heterocycles. The van der Waals surface area contributed by atoms with Crippen molar-refractivity contribution in [1.29, 1.82) is 0 Å². The van der Waals surface area contributed by atoms with Gasteiger partial charge in [-0.25, -0.2) is 4.79 Å². The molecule has 1 aliphatic heterocycles. The number of hydrogen-bond donors (Lipinski definition) is 3. The van der Waals surface area contributed by atoms with Crippen molar-refractivity contribution in [2.45, 2.75) is 97.9 Å². The normalized spacial score (nSPS) is 22.9. The van der Waals surface area contributed by atoms with Gasteiger partial charge in [-0.05, 0) is 57.2 Å². The molecule has 1 saturated heterocycles. The maximum absolute atomic E-state index is 13.3. The lowest BCUT2D eigenvalue weighted by Gasteiger charge is -2.47. The average molecular weight is 495 g/mol. The summed E-state index contributed by atoms with van der Waals surface area (Å²) in [6.45, 7) is 15.0.